The molecule has 0 saturated carbocycles. The van der Waals surface area contributed by atoms with Crippen molar-refractivity contribution in [3.8, 4) is 0 Å². The van der Waals surface area contributed by atoms with Crippen molar-refractivity contribution in [3.05, 3.63) is 99.7 Å². The van der Waals surface area contributed by atoms with E-state index >= 15 is 0 Å². The molecule has 0 radical (unpaired) electrons. The Morgan fingerprint density at radius 1 is 0.525 bits per heavy atom. The molecule has 0 aromatic heterocycles. The van der Waals surface area contributed by atoms with Gasteiger partial charge in [0.1, 0.15) is 16.2 Å². The molecule has 0 spiro atoms. The van der Waals surface area contributed by atoms with E-state index in [1.54, 1.807) is 12.2 Å². The van der Waals surface area contributed by atoms with Gasteiger partial charge in [-0.3, -0.25) is 0 Å². The zero-order chi connectivity index (χ0) is 52.8. The Morgan fingerprint density at radius 3 is 0.869 bits per heavy atom. The van der Waals surface area contributed by atoms with Gasteiger partial charge in [-0.2, -0.15) is 33.2 Å². The van der Waals surface area contributed by atoms with E-state index in [2.05, 4.69) is 178 Å². The summed E-state index contributed by atoms with van der Waals surface area (Å²) in [6.45, 7) is 68.8. The molecule has 3 N–H and O–H groups in total. The van der Waals surface area contributed by atoms with Crippen LogP contribution in [0.1, 0.15) is 95.8 Å². The monoisotopic (exact) mass is 1040 g/mol. The SMILES string of the molecule is C=CC.C=CC.C=CCC.C=C[Si](C)(C)CCCC.C=C[Si](C)(C)CCCC.C=C[Si](C)(C)Cl.C[SiH](C)Cl.C[SiH](C)Cl.[3H]OCC=C.[3H]OCCCC.[3H]OCCC[Si](C)(C)C=C.[H-].[H-].[Mg+2]. The number of unbranched alkanes of at least 4 members (excludes halogenated alkanes) is 3. The van der Waals surface area contributed by atoms with E-state index in [1.807, 2.05) is 38.7 Å². The number of allylic oxidation sites excluding steroid dienone is 3. The second-order valence-corrected chi connectivity index (χ2v) is 46.8. The molecule has 0 atom stereocenters. The first-order chi connectivity index (χ1) is 29.0. The van der Waals surface area contributed by atoms with Crippen LogP contribution in [0.2, 0.25) is 96.7 Å². The molecule has 3 nitrogen and oxygen atoms in total. The average Bonchev–Trinajstić information content (AvgIpc) is 3.20. The van der Waals surface area contributed by atoms with Crippen LogP contribution in [0.5, 0.6) is 0 Å². The van der Waals surface area contributed by atoms with E-state index < -0.39 is 47.8 Å². The van der Waals surface area contributed by atoms with Gasteiger partial charge in [-0.15, -0.1) is 69.7 Å². The van der Waals surface area contributed by atoms with Crippen LogP contribution < -0.4 is 0 Å². The molecule has 0 heterocycles. The number of halogens is 3. The van der Waals surface area contributed by atoms with Crippen molar-refractivity contribution < 1.29 is 18.2 Å². The molecule has 0 aliphatic rings. The number of rotatable bonds is 20. The van der Waals surface area contributed by atoms with Gasteiger partial charge in [-0.25, -0.2) is 0 Å². The van der Waals surface area contributed by atoms with E-state index in [9.17, 15) is 0 Å². The third-order valence-corrected chi connectivity index (χ3v) is 16.0. The molecule has 0 fully saturated rings. The second-order valence-electron chi connectivity index (χ2n) is 16.4. The smallest absolute Gasteiger partial charge is 1.00 e. The van der Waals surface area contributed by atoms with Gasteiger partial charge in [0.2, 0.25) is 4.29 Å². The zero-order valence-corrected chi connectivity index (χ0v) is 54.4. The van der Waals surface area contributed by atoms with Crippen LogP contribution in [-0.2, 0) is 0 Å². The van der Waals surface area contributed by atoms with Gasteiger partial charge in [-0.05, 0) is 33.1 Å². The molecule has 61 heavy (non-hydrogen) atoms. The molecule has 0 aliphatic carbocycles. The maximum atomic E-state index is 6.46. The summed E-state index contributed by atoms with van der Waals surface area (Å²) >= 11 is 16.6. The van der Waals surface area contributed by atoms with Crippen LogP contribution in [0.25, 0.3) is 0 Å². The van der Waals surface area contributed by atoms with E-state index in [0.29, 0.717) is 19.8 Å². The van der Waals surface area contributed by atoms with Gasteiger partial charge in [0.15, 0.2) is 7.38 Å². The second kappa shape index (κ2) is 77.9. The first-order valence-corrected chi connectivity index (χ1v) is 44.1. The molecular formula is C48H113Cl3MgO3Si6. The van der Waals surface area contributed by atoms with E-state index in [0.717, 1.165) is 25.7 Å². The van der Waals surface area contributed by atoms with Gasteiger partial charge >= 0.3 is 23.1 Å². The summed E-state index contributed by atoms with van der Waals surface area (Å²) in [6.07, 6.45) is 16.5. The molecule has 0 amide bonds. The van der Waals surface area contributed by atoms with Gasteiger partial charge < -0.3 is 18.2 Å². The van der Waals surface area contributed by atoms with Crippen LogP contribution in [-0.4, -0.2) is 110 Å². The van der Waals surface area contributed by atoms with Crippen molar-refractivity contribution in [3.63, 3.8) is 0 Å². The summed E-state index contributed by atoms with van der Waals surface area (Å²) in [6, 6.07) is 4.00. The summed E-state index contributed by atoms with van der Waals surface area (Å²) in [4.78, 5) is 0. The van der Waals surface area contributed by atoms with E-state index in [1.165, 1.54) is 49.9 Å². The quantitative estimate of drug-likeness (QED) is 0.0493. The van der Waals surface area contributed by atoms with Crippen molar-refractivity contribution in [1.29, 1.82) is 4.29 Å². The van der Waals surface area contributed by atoms with E-state index in [4.69, 9.17) is 37.5 Å². The Morgan fingerprint density at radius 2 is 0.754 bits per heavy atom. The molecule has 0 bridgehead atoms. The van der Waals surface area contributed by atoms with Gasteiger partial charge in [0.05, 0.1) is 30.8 Å². The summed E-state index contributed by atoms with van der Waals surface area (Å²) < 4.78 is 18.7. The largest absolute Gasteiger partial charge is 2.00 e. The third-order valence-electron chi connectivity index (χ3n) is 6.36. The van der Waals surface area contributed by atoms with Crippen molar-refractivity contribution in [2.24, 2.45) is 0 Å². The third kappa shape index (κ3) is 208. The normalized spacial score (nSPS) is 9.92. The average molecular weight is 1040 g/mol. The summed E-state index contributed by atoms with van der Waals surface area (Å²) in [7, 11) is -5.71. The van der Waals surface area contributed by atoms with Crippen LogP contribution in [0.4, 0.5) is 0 Å². The summed E-state index contributed by atoms with van der Waals surface area (Å²) in [5, 5.41) is 12.1. The first kappa shape index (κ1) is 81.9. The molecule has 370 valence electrons. The molecule has 0 aromatic carbocycles. The fraction of sp³-hybridized carbons (Fsp3) is 0.667. The van der Waals surface area contributed by atoms with Crippen molar-refractivity contribution in [1.82, 2.24) is 0 Å². The van der Waals surface area contributed by atoms with Gasteiger partial charge in [0.25, 0.3) is 0 Å². The Kier molecular flexibility index (Phi) is 105. The van der Waals surface area contributed by atoms with E-state index in [-0.39, 0.29) is 25.9 Å². The Balaban J connectivity index is -0.0000000382. The molecule has 13 heteroatoms. The van der Waals surface area contributed by atoms with Crippen LogP contribution in [0.3, 0.4) is 0 Å². The minimum atomic E-state index is -1.40. The Hall–Kier alpha value is 0.738. The fourth-order valence-corrected chi connectivity index (χ4v) is 6.44. The molecule has 0 aliphatic heterocycles. The standard InChI is InChI=1S/2C8H18Si.C7H16OSi.C4H9ClSi.C4H10O.C4H8.C3H6O.2C3H6.2C2H7ClSi.Mg.2H/c2*1-5-7-8-9(3,4)6-2;1-4-9(2,3)7-5-6-8;1-4-6(2,3)5;1-2-3-4-5;1-3-4-2;1-2-3-4;2*1-3-2;2*1-4(2)3;;;/h2*6H,2,5,7-8H2,1,3-4H3;4,8H,1,5-7H2,2-3H3;4H,1H2,2-3H3;5H,2-4H2,1H3;3H,1,4H2,2H3;2,4H,1,3H2;2*3H,1H2,2H3;2*4H,1-2H3;;;/q;;;;;;;;;;;+2;2*-1/i;;8T;;5T;;4T;;;;;;;. The first-order valence-electron chi connectivity index (χ1n) is 23.3. The molecule has 0 unspecified atom stereocenters. The molecule has 0 aromatic rings. The topological polar surface area (TPSA) is 60.7 Å². The van der Waals surface area contributed by atoms with Crippen LogP contribution in [0, 0.1) is 0 Å². The fourth-order valence-electron chi connectivity index (χ4n) is 2.24. The maximum absolute atomic E-state index is 6.46. The molecule has 0 saturated heterocycles. The molecular weight excluding hydrogens is 924 g/mol. The minimum absolute atomic E-state index is 0. The number of hydrogen-bond donors (Lipinski definition) is 3. The number of hydrogen-bond acceptors (Lipinski definition) is 3. The predicted octanol–water partition coefficient (Wildman–Crippen LogP) is 17.6. The predicted molar refractivity (Wildman–Crippen MR) is 321 cm³/mol. The van der Waals surface area contributed by atoms with Crippen molar-refractivity contribution >= 4 is 104 Å². The number of aliphatic hydroxyl groups excluding tert-OH is 3. The zero-order valence-electron chi connectivity index (χ0n) is 49.4. The van der Waals surface area contributed by atoms with Crippen LogP contribution >= 0.6 is 33.2 Å². The van der Waals surface area contributed by atoms with Gasteiger partial charge in [0, 0.05) is 13.2 Å². The molecule has 0 rings (SSSR count). The van der Waals surface area contributed by atoms with Crippen molar-refractivity contribution in [2.45, 2.75) is 190 Å². The Labute approximate surface area is 432 Å². The van der Waals surface area contributed by atoms with Crippen molar-refractivity contribution in [2.75, 3.05) is 19.8 Å². The van der Waals surface area contributed by atoms with Crippen LogP contribution in [0.15, 0.2) is 99.7 Å². The summed E-state index contributed by atoms with van der Waals surface area (Å²) in [5.41, 5.74) is 8.29. The Bertz CT molecular complexity index is 880. The summed E-state index contributed by atoms with van der Waals surface area (Å²) in [5.74, 6) is 0. The maximum Gasteiger partial charge on any atom is 2.00 e. The number of aliphatic hydroxyl groups is 3. The minimum Gasteiger partial charge on any atom is -1.00 e. The van der Waals surface area contributed by atoms with Gasteiger partial charge in [-0.1, -0.05) is 186 Å².